The first-order valence-corrected chi connectivity index (χ1v) is 32.1. The van der Waals surface area contributed by atoms with E-state index in [2.05, 4.69) is 31.3 Å². The Bertz CT molecular complexity index is 1390. The van der Waals surface area contributed by atoms with Gasteiger partial charge in [0.05, 0.1) is 32.0 Å². The summed E-state index contributed by atoms with van der Waals surface area (Å²) in [6.07, 6.45) is 42.2. The highest BCUT2D eigenvalue weighted by molar-refractivity contribution is 5.76. The van der Waals surface area contributed by atoms with E-state index in [1.807, 2.05) is 6.08 Å². The SMILES string of the molecule is CCCCCCCCCCCCCCCCC/C=C/CC/C=C/C(O)C(COC1OC(CO)C(OC2OC(CO)C(O)C(O)C2O)C(O)C1O)NC(=O)CCCCCCCCCCCCCCCCCCCCCCCC. The van der Waals surface area contributed by atoms with E-state index in [0.717, 1.165) is 32.1 Å². The molecule has 2 heterocycles. The second kappa shape index (κ2) is 49.1. The Morgan fingerprint density at radius 3 is 1.27 bits per heavy atom. The summed E-state index contributed by atoms with van der Waals surface area (Å²) in [5.41, 5.74) is 0. The molecule has 0 aromatic carbocycles. The molecule has 0 aliphatic carbocycles. The first kappa shape index (κ1) is 71.6. The Kier molecular flexibility index (Phi) is 45.7. The molecule has 0 spiro atoms. The Balaban J connectivity index is 1.75. The van der Waals surface area contributed by atoms with Crippen molar-refractivity contribution in [3.8, 4) is 0 Å². The zero-order chi connectivity index (χ0) is 56.0. The number of aliphatic hydroxyl groups is 8. The smallest absolute Gasteiger partial charge is 0.220 e. The van der Waals surface area contributed by atoms with Crippen LogP contribution in [0.1, 0.15) is 277 Å². The van der Waals surface area contributed by atoms with Crippen LogP contribution in [0.3, 0.4) is 0 Å². The van der Waals surface area contributed by atoms with Crippen molar-refractivity contribution in [2.75, 3.05) is 19.8 Å². The van der Waals surface area contributed by atoms with Gasteiger partial charge >= 0.3 is 0 Å². The largest absolute Gasteiger partial charge is 0.394 e. The van der Waals surface area contributed by atoms with E-state index in [9.17, 15) is 45.6 Å². The number of ether oxygens (including phenoxy) is 4. The van der Waals surface area contributed by atoms with Crippen molar-refractivity contribution in [1.82, 2.24) is 5.32 Å². The van der Waals surface area contributed by atoms with E-state index >= 15 is 0 Å². The van der Waals surface area contributed by atoms with Gasteiger partial charge in [-0.05, 0) is 32.1 Å². The quantitative estimate of drug-likeness (QED) is 0.0204. The molecule has 12 atom stereocenters. The second-order valence-electron chi connectivity index (χ2n) is 22.9. The number of rotatable bonds is 52. The van der Waals surface area contributed by atoms with Gasteiger partial charge in [0.25, 0.3) is 0 Å². The highest BCUT2D eigenvalue weighted by Gasteiger charge is 2.51. The van der Waals surface area contributed by atoms with Crippen LogP contribution >= 0.6 is 0 Å². The molecule has 9 N–H and O–H groups in total. The predicted octanol–water partition coefficient (Wildman–Crippen LogP) is 11.6. The first-order valence-electron chi connectivity index (χ1n) is 32.1. The lowest BCUT2D eigenvalue weighted by atomic mass is 9.97. The summed E-state index contributed by atoms with van der Waals surface area (Å²) in [5, 5.41) is 87.2. The van der Waals surface area contributed by atoms with Crippen molar-refractivity contribution in [3.05, 3.63) is 24.3 Å². The third kappa shape index (κ3) is 34.5. The molecular weight excluding hydrogens is 979 g/mol. The lowest BCUT2D eigenvalue weighted by Gasteiger charge is -2.46. The predicted molar refractivity (Wildman–Crippen MR) is 309 cm³/mol. The van der Waals surface area contributed by atoms with Crippen molar-refractivity contribution in [2.45, 2.75) is 351 Å². The molecule has 1 amide bonds. The summed E-state index contributed by atoms with van der Waals surface area (Å²) in [6.45, 7) is 2.82. The average molecular weight is 1100 g/mol. The Labute approximate surface area is 468 Å². The van der Waals surface area contributed by atoms with Crippen LogP contribution in [0.15, 0.2) is 24.3 Å². The molecule has 454 valence electrons. The number of hydrogen-bond donors (Lipinski definition) is 9. The molecule has 12 unspecified atom stereocenters. The lowest BCUT2D eigenvalue weighted by molar-refractivity contribution is -0.359. The third-order valence-corrected chi connectivity index (χ3v) is 15.9. The zero-order valence-electron chi connectivity index (χ0n) is 49.0. The summed E-state index contributed by atoms with van der Waals surface area (Å²) < 4.78 is 22.8. The molecule has 0 aromatic heterocycles. The standard InChI is InChI=1S/C63H119NO13/c1-3-5-7-9-11-13-15-17-19-21-23-25-27-29-31-33-35-37-39-41-43-45-47-55(68)64-51(52(67)46-44-42-40-38-36-34-32-30-28-26-24-22-20-18-16-14-12-10-8-6-4-2)50-74-62-60(73)58(71)61(54(49-66)76-62)77-63-59(72)57(70)56(69)53(48-65)75-63/h36,38,44,46,51-54,56-63,65-67,69-73H,3-35,37,39-43,45,47-50H2,1-2H3,(H,64,68)/b38-36+,46-44+. The number of aliphatic hydroxyl groups excluding tert-OH is 8. The molecule has 2 fully saturated rings. The van der Waals surface area contributed by atoms with E-state index in [1.165, 1.54) is 212 Å². The van der Waals surface area contributed by atoms with Crippen molar-refractivity contribution in [3.63, 3.8) is 0 Å². The molecule has 77 heavy (non-hydrogen) atoms. The van der Waals surface area contributed by atoms with Gasteiger partial charge in [0.2, 0.25) is 5.91 Å². The minimum absolute atomic E-state index is 0.243. The number of nitrogens with one attached hydrogen (secondary N) is 1. The number of carbonyl (C=O) groups is 1. The van der Waals surface area contributed by atoms with Gasteiger partial charge < -0.3 is 65.1 Å². The summed E-state index contributed by atoms with van der Waals surface area (Å²) in [4.78, 5) is 13.3. The van der Waals surface area contributed by atoms with E-state index in [0.29, 0.717) is 12.8 Å². The molecular formula is C63H119NO13. The number of allylic oxidation sites excluding steroid dienone is 3. The van der Waals surface area contributed by atoms with Crippen LogP contribution in [0.5, 0.6) is 0 Å². The summed E-state index contributed by atoms with van der Waals surface area (Å²) >= 11 is 0. The number of unbranched alkanes of at least 4 members (excludes halogenated alkanes) is 37. The van der Waals surface area contributed by atoms with Crippen molar-refractivity contribution < 1.29 is 64.6 Å². The fourth-order valence-corrected chi connectivity index (χ4v) is 10.7. The van der Waals surface area contributed by atoms with Crippen LogP contribution in [0.4, 0.5) is 0 Å². The van der Waals surface area contributed by atoms with E-state index in [4.69, 9.17) is 18.9 Å². The van der Waals surface area contributed by atoms with E-state index < -0.39 is 86.8 Å². The summed E-state index contributed by atoms with van der Waals surface area (Å²) in [5.74, 6) is -0.243. The van der Waals surface area contributed by atoms with Gasteiger partial charge in [-0.3, -0.25) is 4.79 Å². The molecule has 0 aromatic rings. The fourth-order valence-electron chi connectivity index (χ4n) is 10.7. The van der Waals surface area contributed by atoms with Gasteiger partial charge in [-0.1, -0.05) is 263 Å². The molecule has 2 aliphatic rings. The highest BCUT2D eigenvalue weighted by Crippen LogP contribution is 2.30. The van der Waals surface area contributed by atoms with Gasteiger partial charge in [0.15, 0.2) is 12.6 Å². The van der Waals surface area contributed by atoms with Crippen molar-refractivity contribution >= 4 is 5.91 Å². The van der Waals surface area contributed by atoms with E-state index in [-0.39, 0.29) is 18.9 Å². The Hall–Kier alpha value is -1.53. The summed E-state index contributed by atoms with van der Waals surface area (Å²) in [6, 6.07) is -0.928. The lowest BCUT2D eigenvalue weighted by Crippen LogP contribution is -2.65. The van der Waals surface area contributed by atoms with Crippen LogP contribution in [0.25, 0.3) is 0 Å². The number of amides is 1. The first-order chi connectivity index (χ1) is 37.6. The molecule has 14 nitrogen and oxygen atoms in total. The number of carbonyl (C=O) groups excluding carboxylic acids is 1. The molecule has 0 bridgehead atoms. The highest BCUT2D eigenvalue weighted by atomic mass is 16.7. The van der Waals surface area contributed by atoms with Crippen LogP contribution in [0.2, 0.25) is 0 Å². The average Bonchev–Trinajstić information content (AvgIpc) is 3.44. The van der Waals surface area contributed by atoms with Crippen LogP contribution in [-0.2, 0) is 23.7 Å². The van der Waals surface area contributed by atoms with Crippen LogP contribution in [-0.4, -0.2) is 140 Å². The summed E-state index contributed by atoms with van der Waals surface area (Å²) in [7, 11) is 0. The normalized spacial score (nSPS) is 24.8. The molecule has 2 aliphatic heterocycles. The molecule has 2 rings (SSSR count). The molecule has 0 saturated carbocycles. The molecule has 14 heteroatoms. The molecule has 2 saturated heterocycles. The topological polar surface area (TPSA) is 228 Å². The van der Waals surface area contributed by atoms with Gasteiger partial charge in [-0.15, -0.1) is 0 Å². The van der Waals surface area contributed by atoms with Crippen molar-refractivity contribution in [2.24, 2.45) is 0 Å². The minimum atomic E-state index is -1.79. The maximum atomic E-state index is 13.3. The van der Waals surface area contributed by atoms with Crippen molar-refractivity contribution in [1.29, 1.82) is 0 Å². The van der Waals surface area contributed by atoms with Gasteiger partial charge in [0, 0.05) is 6.42 Å². The fraction of sp³-hybridized carbons (Fsp3) is 0.921. The van der Waals surface area contributed by atoms with E-state index in [1.54, 1.807) is 6.08 Å². The second-order valence-corrected chi connectivity index (χ2v) is 22.9. The maximum absolute atomic E-state index is 13.3. The Morgan fingerprint density at radius 1 is 0.455 bits per heavy atom. The van der Waals surface area contributed by atoms with Gasteiger partial charge in [-0.25, -0.2) is 0 Å². The van der Waals surface area contributed by atoms with Crippen LogP contribution in [0, 0.1) is 0 Å². The van der Waals surface area contributed by atoms with Gasteiger partial charge in [-0.2, -0.15) is 0 Å². The Morgan fingerprint density at radius 2 is 0.831 bits per heavy atom. The zero-order valence-corrected chi connectivity index (χ0v) is 49.0. The monoisotopic (exact) mass is 1100 g/mol. The van der Waals surface area contributed by atoms with Gasteiger partial charge in [0.1, 0.15) is 48.8 Å². The molecule has 0 radical (unpaired) electrons. The minimum Gasteiger partial charge on any atom is -0.394 e. The number of hydrogen-bond acceptors (Lipinski definition) is 13. The van der Waals surface area contributed by atoms with Crippen LogP contribution < -0.4 is 5.32 Å². The third-order valence-electron chi connectivity index (χ3n) is 15.9. The maximum Gasteiger partial charge on any atom is 0.220 e.